The summed E-state index contributed by atoms with van der Waals surface area (Å²) >= 11 is 0. The van der Waals surface area contributed by atoms with Crippen LogP contribution in [0.15, 0.2) is 53.5 Å². The number of hydrogen-bond acceptors (Lipinski definition) is 3. The first-order valence-corrected chi connectivity index (χ1v) is 10.2. The number of sulfonamides is 1. The summed E-state index contributed by atoms with van der Waals surface area (Å²) in [5.41, 5.74) is 2.79. The first kappa shape index (κ1) is 20.9. The summed E-state index contributed by atoms with van der Waals surface area (Å²) in [5, 5.41) is 6.42. The maximum Gasteiger partial charge on any atom is 0.215 e. The first-order chi connectivity index (χ1) is 12.9. The lowest BCUT2D eigenvalue weighted by Gasteiger charge is -2.12. The van der Waals surface area contributed by atoms with Gasteiger partial charge in [-0.1, -0.05) is 36.4 Å². The lowest BCUT2D eigenvalue weighted by molar-refractivity contribution is 0.587. The van der Waals surface area contributed by atoms with Crippen molar-refractivity contribution < 1.29 is 12.8 Å². The van der Waals surface area contributed by atoms with Gasteiger partial charge in [0.05, 0.1) is 5.75 Å². The topological polar surface area (TPSA) is 82.6 Å². The highest BCUT2D eigenvalue weighted by atomic mass is 32.2. The lowest BCUT2D eigenvalue weighted by Crippen LogP contribution is -2.37. The summed E-state index contributed by atoms with van der Waals surface area (Å²) in [6, 6.07) is 13.8. The molecule has 2 aromatic rings. The van der Waals surface area contributed by atoms with E-state index >= 15 is 0 Å². The van der Waals surface area contributed by atoms with Crippen molar-refractivity contribution in [1.29, 1.82) is 0 Å². The Morgan fingerprint density at radius 3 is 2.15 bits per heavy atom. The van der Waals surface area contributed by atoms with Crippen LogP contribution >= 0.6 is 0 Å². The minimum atomic E-state index is -3.27. The average molecular weight is 393 g/mol. The number of guanidine groups is 1. The molecule has 0 spiro atoms. The van der Waals surface area contributed by atoms with E-state index in [1.807, 2.05) is 12.1 Å². The van der Waals surface area contributed by atoms with Crippen LogP contribution in [0, 0.1) is 5.82 Å². The summed E-state index contributed by atoms with van der Waals surface area (Å²) in [6.07, 6.45) is 0.760. The summed E-state index contributed by atoms with van der Waals surface area (Å²) in [6.45, 7) is 1.24. The van der Waals surface area contributed by atoms with E-state index in [0.717, 1.165) is 23.1 Å². The van der Waals surface area contributed by atoms with Crippen LogP contribution in [0.4, 0.5) is 4.39 Å². The molecule has 0 radical (unpaired) electrons. The fourth-order valence-corrected chi connectivity index (χ4v) is 3.20. The Hall–Kier alpha value is -2.45. The summed E-state index contributed by atoms with van der Waals surface area (Å²) in [5.74, 6) is 0.391. The Balaban J connectivity index is 1.79. The molecule has 27 heavy (non-hydrogen) atoms. The van der Waals surface area contributed by atoms with Gasteiger partial charge in [0.25, 0.3) is 0 Å². The van der Waals surface area contributed by atoms with Crippen molar-refractivity contribution in [3.63, 3.8) is 0 Å². The number of nitrogens with zero attached hydrogens (tertiary/aromatic N) is 1. The minimum Gasteiger partial charge on any atom is -0.356 e. The predicted octanol–water partition coefficient (Wildman–Crippen LogP) is 1.78. The Morgan fingerprint density at radius 1 is 0.963 bits per heavy atom. The zero-order valence-electron chi connectivity index (χ0n) is 15.5. The van der Waals surface area contributed by atoms with Crippen molar-refractivity contribution in [3.05, 3.63) is 71.0 Å². The highest BCUT2D eigenvalue weighted by molar-refractivity contribution is 7.88. The van der Waals surface area contributed by atoms with Gasteiger partial charge in [-0.3, -0.25) is 4.99 Å². The van der Waals surface area contributed by atoms with Gasteiger partial charge in [-0.25, -0.2) is 17.5 Å². The van der Waals surface area contributed by atoms with Crippen LogP contribution in [0.25, 0.3) is 0 Å². The molecule has 0 aromatic heterocycles. The smallest absolute Gasteiger partial charge is 0.215 e. The highest BCUT2D eigenvalue weighted by Gasteiger charge is 2.08. The standard InChI is InChI=1S/C19H25FN4O2S/c1-21-19(23-12-11-15-7-9-18(20)10-8-15)24-13-16-3-5-17(6-4-16)14-27(25,26)22-2/h3-10,22H,11-14H2,1-2H3,(H2,21,23,24). The molecule has 2 rings (SSSR count). The molecule has 0 unspecified atom stereocenters. The van der Waals surface area contributed by atoms with Crippen LogP contribution in [0.2, 0.25) is 0 Å². The Morgan fingerprint density at radius 2 is 1.56 bits per heavy atom. The zero-order chi connectivity index (χ0) is 19.7. The van der Waals surface area contributed by atoms with Gasteiger partial charge in [-0.2, -0.15) is 0 Å². The molecular weight excluding hydrogens is 367 g/mol. The Kier molecular flexibility index (Phi) is 7.75. The largest absolute Gasteiger partial charge is 0.356 e. The molecular formula is C19H25FN4O2S. The second-order valence-corrected chi connectivity index (χ2v) is 7.94. The van der Waals surface area contributed by atoms with Crippen LogP contribution in [-0.2, 0) is 28.7 Å². The third-order valence-corrected chi connectivity index (χ3v) is 5.33. The second-order valence-electron chi connectivity index (χ2n) is 6.01. The van der Waals surface area contributed by atoms with E-state index in [1.165, 1.54) is 19.2 Å². The van der Waals surface area contributed by atoms with Gasteiger partial charge < -0.3 is 10.6 Å². The number of benzene rings is 2. The van der Waals surface area contributed by atoms with E-state index in [-0.39, 0.29) is 11.6 Å². The number of hydrogen-bond donors (Lipinski definition) is 3. The number of rotatable bonds is 8. The van der Waals surface area contributed by atoms with Gasteiger partial charge in [0.2, 0.25) is 10.0 Å². The van der Waals surface area contributed by atoms with Gasteiger partial charge >= 0.3 is 0 Å². The molecule has 0 amide bonds. The van der Waals surface area contributed by atoms with Crippen molar-refractivity contribution in [2.24, 2.45) is 4.99 Å². The van der Waals surface area contributed by atoms with Crippen molar-refractivity contribution in [1.82, 2.24) is 15.4 Å². The van der Waals surface area contributed by atoms with E-state index in [4.69, 9.17) is 0 Å². The van der Waals surface area contributed by atoms with Gasteiger partial charge in [-0.15, -0.1) is 0 Å². The van der Waals surface area contributed by atoms with Crippen LogP contribution in [0.5, 0.6) is 0 Å². The lowest BCUT2D eigenvalue weighted by atomic mass is 10.1. The average Bonchev–Trinajstić information content (AvgIpc) is 2.67. The molecule has 0 aliphatic rings. The molecule has 3 N–H and O–H groups in total. The molecule has 8 heteroatoms. The van der Waals surface area contributed by atoms with Crippen molar-refractivity contribution in [2.75, 3.05) is 20.6 Å². The number of halogens is 1. The van der Waals surface area contributed by atoms with E-state index in [2.05, 4.69) is 20.3 Å². The Bertz CT molecular complexity index is 850. The molecule has 0 bridgehead atoms. The minimum absolute atomic E-state index is 0.0379. The number of nitrogens with one attached hydrogen (secondary N) is 3. The molecule has 2 aromatic carbocycles. The molecule has 0 atom stereocenters. The van der Waals surface area contributed by atoms with E-state index < -0.39 is 10.0 Å². The van der Waals surface area contributed by atoms with E-state index in [1.54, 1.807) is 31.3 Å². The van der Waals surface area contributed by atoms with Gasteiger partial charge in [0.15, 0.2) is 5.96 Å². The third-order valence-electron chi connectivity index (χ3n) is 3.99. The van der Waals surface area contributed by atoms with E-state index in [0.29, 0.717) is 19.0 Å². The quantitative estimate of drug-likeness (QED) is 0.472. The molecule has 0 saturated carbocycles. The maximum absolute atomic E-state index is 12.9. The fourth-order valence-electron chi connectivity index (χ4n) is 2.43. The summed E-state index contributed by atoms with van der Waals surface area (Å²) in [4.78, 5) is 4.17. The molecule has 0 fully saturated rings. The highest BCUT2D eigenvalue weighted by Crippen LogP contribution is 2.07. The maximum atomic E-state index is 12.9. The predicted molar refractivity (Wildman–Crippen MR) is 106 cm³/mol. The molecule has 0 aliphatic heterocycles. The van der Waals surface area contributed by atoms with Gasteiger partial charge in [-0.05, 0) is 42.3 Å². The van der Waals surface area contributed by atoms with Crippen molar-refractivity contribution in [3.8, 4) is 0 Å². The monoisotopic (exact) mass is 392 g/mol. The van der Waals surface area contributed by atoms with Crippen LogP contribution in [-0.4, -0.2) is 35.0 Å². The second kappa shape index (κ2) is 10.0. The molecule has 146 valence electrons. The third kappa shape index (κ3) is 7.36. The van der Waals surface area contributed by atoms with Gasteiger partial charge in [0, 0.05) is 20.1 Å². The van der Waals surface area contributed by atoms with Crippen LogP contribution in [0.1, 0.15) is 16.7 Å². The Labute approximate surface area is 160 Å². The van der Waals surface area contributed by atoms with Crippen molar-refractivity contribution in [2.45, 2.75) is 18.7 Å². The van der Waals surface area contributed by atoms with Crippen molar-refractivity contribution >= 4 is 16.0 Å². The zero-order valence-corrected chi connectivity index (χ0v) is 16.3. The normalized spacial score (nSPS) is 12.0. The van der Waals surface area contributed by atoms with E-state index in [9.17, 15) is 12.8 Å². The number of aliphatic imine (C=N–C) groups is 1. The molecule has 0 saturated heterocycles. The van der Waals surface area contributed by atoms with Crippen LogP contribution in [0.3, 0.4) is 0 Å². The molecule has 0 heterocycles. The SMILES string of the molecule is CN=C(NCCc1ccc(F)cc1)NCc1ccc(CS(=O)(=O)NC)cc1. The summed E-state index contributed by atoms with van der Waals surface area (Å²) in [7, 11) is -0.168. The van der Waals surface area contributed by atoms with Crippen LogP contribution < -0.4 is 15.4 Å². The molecule has 6 nitrogen and oxygen atoms in total. The fraction of sp³-hybridized carbons (Fsp3) is 0.316. The molecule has 0 aliphatic carbocycles. The van der Waals surface area contributed by atoms with Gasteiger partial charge in [0.1, 0.15) is 5.82 Å². The first-order valence-electron chi connectivity index (χ1n) is 8.60. The summed E-state index contributed by atoms with van der Waals surface area (Å²) < 4.78 is 38.3.